The van der Waals surface area contributed by atoms with Gasteiger partial charge in [0.1, 0.15) is 10.6 Å². The number of fused-ring (bicyclic) bond motifs is 1. The van der Waals surface area contributed by atoms with Crippen LogP contribution >= 0.6 is 11.3 Å². The van der Waals surface area contributed by atoms with E-state index in [0.717, 1.165) is 29.7 Å². The van der Waals surface area contributed by atoms with Crippen LogP contribution < -0.4 is 10.6 Å². The normalized spacial score (nSPS) is 29.2. The van der Waals surface area contributed by atoms with Gasteiger partial charge in [-0.05, 0) is 89.0 Å². The molecule has 2 N–H and O–H groups in total. The van der Waals surface area contributed by atoms with Gasteiger partial charge in [0.15, 0.2) is 0 Å². The molecule has 0 spiro atoms. The van der Waals surface area contributed by atoms with E-state index in [4.69, 9.17) is 4.74 Å². The fourth-order valence-corrected chi connectivity index (χ4v) is 8.48. The lowest BCUT2D eigenvalue weighted by molar-refractivity contribution is -0.156. The first-order valence-corrected chi connectivity index (χ1v) is 14.1. The van der Waals surface area contributed by atoms with Crippen LogP contribution in [-0.2, 0) is 27.3 Å². The Morgan fingerprint density at radius 2 is 1.86 bits per heavy atom. The van der Waals surface area contributed by atoms with Crippen LogP contribution in [0.25, 0.3) is 0 Å². The van der Waals surface area contributed by atoms with E-state index < -0.39 is 5.60 Å². The number of amides is 2. The standard InChI is InChI=1S/C27H39N3O4S/c1-5-7-28-23(32)22-19-6-8-30(15-21(31)34-26(2,3)4)14-20(19)35-24(22)29-25(33)27-12-16-9-17(13-27)11-18(27)10-16/h16-18H,5-15H2,1-4H3,(H,28,32)(H,29,33). The van der Waals surface area contributed by atoms with Crippen molar-refractivity contribution < 1.29 is 19.1 Å². The number of rotatable bonds is 7. The molecule has 6 rings (SSSR count). The van der Waals surface area contributed by atoms with Crippen molar-refractivity contribution in [1.29, 1.82) is 0 Å². The summed E-state index contributed by atoms with van der Waals surface area (Å²) in [6.07, 6.45) is 7.21. The van der Waals surface area contributed by atoms with Crippen LogP contribution in [0, 0.1) is 23.2 Å². The molecule has 4 fully saturated rings. The van der Waals surface area contributed by atoms with Crippen LogP contribution in [0.3, 0.4) is 0 Å². The van der Waals surface area contributed by atoms with E-state index in [1.54, 1.807) is 0 Å². The first-order valence-electron chi connectivity index (χ1n) is 13.3. The minimum atomic E-state index is -0.513. The molecule has 4 bridgehead atoms. The van der Waals surface area contributed by atoms with Gasteiger partial charge in [-0.25, -0.2) is 0 Å². The van der Waals surface area contributed by atoms with Crippen LogP contribution in [0.1, 0.15) is 87.0 Å². The molecule has 2 unspecified atom stereocenters. The summed E-state index contributed by atoms with van der Waals surface area (Å²) in [7, 11) is 0. The highest BCUT2D eigenvalue weighted by Crippen LogP contribution is 2.65. The lowest BCUT2D eigenvalue weighted by Gasteiger charge is -2.31. The molecule has 2 atom stereocenters. The number of anilines is 1. The smallest absolute Gasteiger partial charge is 0.320 e. The predicted molar refractivity (Wildman–Crippen MR) is 136 cm³/mol. The second-order valence-corrected chi connectivity index (χ2v) is 13.3. The summed E-state index contributed by atoms with van der Waals surface area (Å²) in [5, 5.41) is 6.98. The molecule has 1 aliphatic heterocycles. The maximum Gasteiger partial charge on any atom is 0.320 e. The molecule has 192 valence electrons. The largest absolute Gasteiger partial charge is 0.459 e. The Balaban J connectivity index is 1.36. The highest BCUT2D eigenvalue weighted by Gasteiger charge is 2.61. The van der Waals surface area contributed by atoms with Gasteiger partial charge in [-0.3, -0.25) is 19.3 Å². The van der Waals surface area contributed by atoms with Gasteiger partial charge in [0, 0.05) is 24.5 Å². The molecule has 2 amide bonds. The molecule has 0 radical (unpaired) electrons. The fraction of sp³-hybridized carbons (Fsp3) is 0.741. The summed E-state index contributed by atoms with van der Waals surface area (Å²) in [5.41, 5.74) is 0.908. The molecule has 0 aromatic carbocycles. The molecule has 5 aliphatic rings. The molecule has 35 heavy (non-hydrogen) atoms. The summed E-state index contributed by atoms with van der Waals surface area (Å²) < 4.78 is 5.50. The Labute approximate surface area is 212 Å². The van der Waals surface area contributed by atoms with Crippen molar-refractivity contribution in [1.82, 2.24) is 10.2 Å². The predicted octanol–water partition coefficient (Wildman–Crippen LogP) is 4.35. The highest BCUT2D eigenvalue weighted by molar-refractivity contribution is 7.17. The van der Waals surface area contributed by atoms with E-state index in [1.807, 2.05) is 27.7 Å². The number of hydrogen-bond donors (Lipinski definition) is 2. The molecule has 1 aromatic rings. The van der Waals surface area contributed by atoms with Crippen LogP contribution in [0.2, 0.25) is 0 Å². The van der Waals surface area contributed by atoms with Crippen LogP contribution in [-0.4, -0.2) is 47.9 Å². The number of hydrogen-bond acceptors (Lipinski definition) is 6. The molecule has 0 saturated heterocycles. The number of nitrogens with one attached hydrogen (secondary N) is 2. The van der Waals surface area contributed by atoms with Gasteiger partial charge in [0.25, 0.3) is 5.91 Å². The number of carbonyl (C=O) groups excluding carboxylic acids is 3. The Morgan fingerprint density at radius 3 is 2.51 bits per heavy atom. The third-order valence-corrected chi connectivity index (χ3v) is 9.47. The zero-order chi connectivity index (χ0) is 25.0. The van der Waals surface area contributed by atoms with Gasteiger partial charge in [-0.2, -0.15) is 0 Å². The van der Waals surface area contributed by atoms with E-state index in [9.17, 15) is 14.4 Å². The topological polar surface area (TPSA) is 87.7 Å². The van der Waals surface area contributed by atoms with Crippen molar-refractivity contribution in [2.75, 3.05) is 25.0 Å². The van der Waals surface area contributed by atoms with E-state index >= 15 is 0 Å². The average Bonchev–Trinajstić information content (AvgIpc) is 3.33. The molecule has 4 aliphatic carbocycles. The summed E-state index contributed by atoms with van der Waals surface area (Å²) in [6, 6.07) is 0. The van der Waals surface area contributed by atoms with Gasteiger partial charge in [-0.1, -0.05) is 6.92 Å². The minimum Gasteiger partial charge on any atom is -0.459 e. The Bertz CT molecular complexity index is 1010. The van der Waals surface area contributed by atoms with E-state index in [2.05, 4.69) is 15.5 Å². The van der Waals surface area contributed by atoms with Gasteiger partial charge in [-0.15, -0.1) is 11.3 Å². The third-order valence-electron chi connectivity index (χ3n) is 8.34. The van der Waals surface area contributed by atoms with Crippen molar-refractivity contribution in [2.45, 2.75) is 84.8 Å². The second-order valence-electron chi connectivity index (χ2n) is 12.2. The summed E-state index contributed by atoms with van der Waals surface area (Å²) in [6.45, 7) is 9.75. The Morgan fingerprint density at radius 1 is 1.14 bits per heavy atom. The zero-order valence-electron chi connectivity index (χ0n) is 21.5. The van der Waals surface area contributed by atoms with Gasteiger partial charge in [0.2, 0.25) is 5.91 Å². The van der Waals surface area contributed by atoms with Crippen molar-refractivity contribution in [3.8, 4) is 0 Å². The van der Waals surface area contributed by atoms with Gasteiger partial charge >= 0.3 is 5.97 Å². The van der Waals surface area contributed by atoms with Crippen LogP contribution in [0.4, 0.5) is 5.00 Å². The first kappa shape index (κ1) is 24.8. The van der Waals surface area contributed by atoms with E-state index in [-0.39, 0.29) is 29.7 Å². The molecular weight excluding hydrogens is 462 g/mol. The molecule has 1 aromatic heterocycles. The third kappa shape index (κ3) is 4.76. The molecule has 8 heteroatoms. The lowest BCUT2D eigenvalue weighted by Crippen LogP contribution is -2.38. The van der Waals surface area contributed by atoms with Crippen LogP contribution in [0.5, 0.6) is 0 Å². The quantitative estimate of drug-likeness (QED) is 0.543. The molecule has 2 heterocycles. The number of carbonyl (C=O) groups is 3. The molecule has 7 nitrogen and oxygen atoms in total. The number of nitrogens with zero attached hydrogens (tertiary/aromatic N) is 1. The first-order chi connectivity index (χ1) is 16.6. The molecule has 4 saturated carbocycles. The van der Waals surface area contributed by atoms with Gasteiger partial charge < -0.3 is 15.4 Å². The van der Waals surface area contributed by atoms with Crippen molar-refractivity contribution >= 4 is 34.1 Å². The SMILES string of the molecule is CCCNC(=O)c1c(NC(=O)C23CC4CC(CC2C4)C3)sc2c1CCN(CC(=O)OC(C)(C)C)C2. The van der Waals surface area contributed by atoms with Crippen LogP contribution in [0.15, 0.2) is 0 Å². The number of esters is 1. The fourth-order valence-electron chi connectivity index (χ4n) is 7.20. The maximum atomic E-state index is 13.7. The number of ether oxygens (including phenoxy) is 1. The Hall–Kier alpha value is -1.93. The molecular formula is C27H39N3O4S. The van der Waals surface area contributed by atoms with E-state index in [0.29, 0.717) is 54.4 Å². The summed E-state index contributed by atoms with van der Waals surface area (Å²) in [5.74, 6) is 1.68. The lowest BCUT2D eigenvalue weighted by atomic mass is 9.75. The summed E-state index contributed by atoms with van der Waals surface area (Å²) >= 11 is 1.51. The van der Waals surface area contributed by atoms with Crippen molar-refractivity contribution in [2.24, 2.45) is 23.2 Å². The number of thiophene rings is 1. The summed E-state index contributed by atoms with van der Waals surface area (Å²) in [4.78, 5) is 42.5. The van der Waals surface area contributed by atoms with Crippen molar-refractivity contribution in [3.63, 3.8) is 0 Å². The van der Waals surface area contributed by atoms with E-state index in [1.165, 1.54) is 30.6 Å². The highest BCUT2D eigenvalue weighted by atomic mass is 32.1. The van der Waals surface area contributed by atoms with Crippen molar-refractivity contribution in [3.05, 3.63) is 16.0 Å². The van der Waals surface area contributed by atoms with Gasteiger partial charge in [0.05, 0.1) is 17.5 Å². The average molecular weight is 502 g/mol. The Kier molecular flexibility index (Phi) is 6.49. The minimum absolute atomic E-state index is 0.102. The maximum absolute atomic E-state index is 13.7. The monoisotopic (exact) mass is 501 g/mol. The second kappa shape index (κ2) is 9.18. The zero-order valence-corrected chi connectivity index (χ0v) is 22.3.